The molecule has 0 aliphatic carbocycles. The van der Waals surface area contributed by atoms with Crippen molar-refractivity contribution < 1.29 is 57.4 Å². The van der Waals surface area contributed by atoms with Crippen LogP contribution < -0.4 is 37.6 Å². The van der Waals surface area contributed by atoms with Gasteiger partial charge in [-0.3, -0.25) is 52.8 Å². The predicted octanol–water partition coefficient (Wildman–Crippen LogP) is 2.38. The van der Waals surface area contributed by atoms with Crippen molar-refractivity contribution in [3.63, 3.8) is 0 Å². The van der Waals surface area contributed by atoms with Crippen LogP contribution in [0.25, 0.3) is 0 Å². The molecule has 0 bridgehead atoms. The lowest BCUT2D eigenvalue weighted by molar-refractivity contribution is -0.146. The van der Waals surface area contributed by atoms with E-state index in [2.05, 4.69) is 38.8 Å². The number of nitrogens with zero attached hydrogens (tertiary/aromatic N) is 4. The van der Waals surface area contributed by atoms with E-state index < -0.39 is 84.6 Å². The molecule has 1 aromatic carbocycles. The number of hydrogen-bond acceptors (Lipinski definition) is 14. The standard InChI is InChI=1S/C60H101N11O12/c1-15-18-38(6)55(77)43-26-29-70(30-27-43)50(74)25-24-48(72)64-41(9)59(80)65-40(8)58(79)62-34-49(73)66-44-22-20-42(21-23-44)31-45(33-61)67-57(78)39(7)56(83-14)46-19-17-28-71(46)51(75)32-47(82-13)54(37(5)16-2)69(12)52(76)35-63-60(81)53(36(3)4)68(10)11/h20-23,36-41,43,45-47,53-54,56H,15-19,24-35,61H2,1-14H3,(H,62,79)(H,63,81)(H,64,72)(H,65,80)(H,66,73)(H,67,78)/t37-,38?,39+,40-,41-,45-,46-,47+,53?,54-,56+/m0/s1. The van der Waals surface area contributed by atoms with Crippen molar-refractivity contribution >= 4 is 64.6 Å². The van der Waals surface area contributed by atoms with Crippen molar-refractivity contribution in [1.82, 2.24) is 46.2 Å². The molecule has 2 aliphatic heterocycles. The van der Waals surface area contributed by atoms with E-state index in [4.69, 9.17) is 15.2 Å². The first kappa shape index (κ1) is 71.2. The zero-order valence-corrected chi connectivity index (χ0v) is 52.1. The quantitative estimate of drug-likeness (QED) is 0.0522. The number of likely N-dealkylation sites (tertiary alicyclic amines) is 2. The second kappa shape index (κ2) is 35.3. The van der Waals surface area contributed by atoms with Crippen LogP contribution in [0.5, 0.6) is 0 Å². The summed E-state index contributed by atoms with van der Waals surface area (Å²) in [5.41, 5.74) is 7.44. The maximum Gasteiger partial charge on any atom is 0.243 e. The molecule has 0 aromatic heterocycles. The van der Waals surface area contributed by atoms with Gasteiger partial charge in [-0.2, -0.15) is 0 Å². The van der Waals surface area contributed by atoms with Crippen LogP contribution in [-0.4, -0.2) is 202 Å². The first-order valence-corrected chi connectivity index (χ1v) is 29.9. The number of rotatable bonds is 34. The van der Waals surface area contributed by atoms with E-state index in [1.165, 1.54) is 28.1 Å². The molecule has 9 amide bonds. The number of nitrogens with one attached hydrogen (secondary N) is 6. The number of carbonyl (C=O) groups excluding carboxylic acids is 10. The summed E-state index contributed by atoms with van der Waals surface area (Å²) in [4.78, 5) is 138. The summed E-state index contributed by atoms with van der Waals surface area (Å²) in [5, 5.41) is 16.2. The highest BCUT2D eigenvalue weighted by Gasteiger charge is 2.42. The van der Waals surface area contributed by atoms with Gasteiger partial charge in [0.25, 0.3) is 0 Å². The van der Waals surface area contributed by atoms with Gasteiger partial charge in [0.1, 0.15) is 17.9 Å². The number of nitrogens with two attached hydrogens (primary N) is 1. The van der Waals surface area contributed by atoms with Gasteiger partial charge < -0.3 is 61.8 Å². The first-order chi connectivity index (χ1) is 39.2. The molecule has 23 nitrogen and oxygen atoms in total. The molecule has 2 fully saturated rings. The fraction of sp³-hybridized carbons (Fsp3) is 0.733. The van der Waals surface area contributed by atoms with Crippen LogP contribution in [0.15, 0.2) is 24.3 Å². The molecule has 8 N–H and O–H groups in total. The topological polar surface area (TPSA) is 300 Å². The van der Waals surface area contributed by atoms with Crippen molar-refractivity contribution in [2.45, 2.75) is 181 Å². The number of ketones is 1. The molecule has 11 atom stereocenters. The summed E-state index contributed by atoms with van der Waals surface area (Å²) in [7, 11) is 8.37. The molecule has 1 aromatic rings. The summed E-state index contributed by atoms with van der Waals surface area (Å²) in [5.74, 6) is -3.98. The van der Waals surface area contributed by atoms with Gasteiger partial charge in [-0.05, 0) is 96.0 Å². The average Bonchev–Trinajstić information content (AvgIpc) is 4.24. The molecule has 2 aliphatic rings. The number of ether oxygens (including phenoxy) is 2. The maximum absolute atomic E-state index is 14.3. The number of piperidine rings is 1. The molecule has 83 heavy (non-hydrogen) atoms. The number of anilines is 1. The maximum atomic E-state index is 14.3. The molecule has 2 heterocycles. The molecule has 2 unspecified atom stereocenters. The van der Waals surface area contributed by atoms with E-state index >= 15 is 0 Å². The molecule has 3 rings (SSSR count). The van der Waals surface area contributed by atoms with Crippen LogP contribution in [0.3, 0.4) is 0 Å². The second-order valence-corrected chi connectivity index (χ2v) is 23.4. The average molecular weight is 1170 g/mol. The Bertz CT molecular complexity index is 2300. The van der Waals surface area contributed by atoms with E-state index in [0.29, 0.717) is 63.8 Å². The van der Waals surface area contributed by atoms with E-state index in [-0.39, 0.29) is 91.3 Å². The zero-order valence-electron chi connectivity index (χ0n) is 52.1. The molecular weight excluding hydrogens is 1070 g/mol. The summed E-state index contributed by atoms with van der Waals surface area (Å²) >= 11 is 0. The predicted molar refractivity (Wildman–Crippen MR) is 317 cm³/mol. The number of amides is 9. The lowest BCUT2D eigenvalue weighted by Gasteiger charge is -2.39. The van der Waals surface area contributed by atoms with Crippen LogP contribution in [0.4, 0.5) is 5.69 Å². The largest absolute Gasteiger partial charge is 0.379 e. The Labute approximate surface area is 493 Å². The highest BCUT2D eigenvalue weighted by Crippen LogP contribution is 2.30. The Morgan fingerprint density at radius 3 is 1.90 bits per heavy atom. The van der Waals surface area contributed by atoms with E-state index in [0.717, 1.165) is 18.4 Å². The van der Waals surface area contributed by atoms with Crippen molar-refractivity contribution in [2.75, 3.05) is 79.9 Å². The third kappa shape index (κ3) is 21.8. The first-order valence-electron chi connectivity index (χ1n) is 29.9. The minimum absolute atomic E-state index is 0.00904. The monoisotopic (exact) mass is 1170 g/mol. The highest BCUT2D eigenvalue weighted by atomic mass is 16.5. The Hall–Kier alpha value is -6.04. The zero-order chi connectivity index (χ0) is 62.2. The van der Waals surface area contributed by atoms with Crippen LogP contribution in [0.2, 0.25) is 0 Å². The van der Waals surface area contributed by atoms with E-state index in [9.17, 15) is 47.9 Å². The summed E-state index contributed by atoms with van der Waals surface area (Å²) < 4.78 is 12.0. The fourth-order valence-corrected chi connectivity index (χ4v) is 11.5. The van der Waals surface area contributed by atoms with Gasteiger partial charge in [0.2, 0.25) is 53.2 Å². The van der Waals surface area contributed by atoms with Crippen molar-refractivity contribution in [2.24, 2.45) is 35.3 Å². The van der Waals surface area contributed by atoms with Gasteiger partial charge in [-0.1, -0.05) is 73.4 Å². The molecule has 0 saturated carbocycles. The van der Waals surface area contributed by atoms with Crippen LogP contribution in [-0.2, 0) is 63.8 Å². The lowest BCUT2D eigenvalue weighted by atomic mass is 9.85. The second-order valence-electron chi connectivity index (χ2n) is 23.4. The van der Waals surface area contributed by atoms with E-state index in [1.54, 1.807) is 52.9 Å². The van der Waals surface area contributed by atoms with Crippen molar-refractivity contribution in [1.29, 1.82) is 0 Å². The third-order valence-corrected chi connectivity index (χ3v) is 16.5. The number of hydrogen-bond donors (Lipinski definition) is 7. The van der Waals surface area contributed by atoms with Gasteiger partial charge in [0.05, 0.1) is 55.8 Å². The number of carbonyl (C=O) groups is 10. The SMILES string of the molecule is CCCC(C)C(=O)C1CCN(C(=O)CCC(=O)N[C@@H](C)C(=O)N[C@@H](C)C(=O)NCC(=O)Nc2ccc(C[C@@H](CN)NC(=O)[C@H](C)[C@@H](OC)[C@@H]3CCCN3C(=O)C[C@@H](OC)[C@H]([C@@H](C)CC)N(C)C(=O)CNC(=O)C(C(C)C)N(C)C)cc2)CC1. The molecule has 0 radical (unpaired) electrons. The van der Waals surface area contributed by atoms with Crippen LogP contribution in [0.1, 0.15) is 132 Å². The lowest BCUT2D eigenvalue weighted by Crippen LogP contribution is -2.55. The Kier molecular flexibility index (Phi) is 30.3. The normalized spacial score (nSPS) is 18.3. The van der Waals surface area contributed by atoms with Gasteiger partial charge in [0, 0.05) is 83.9 Å². The molecule has 2 saturated heterocycles. The van der Waals surface area contributed by atoms with Gasteiger partial charge in [0.15, 0.2) is 0 Å². The minimum atomic E-state index is -1.04. The van der Waals surface area contributed by atoms with E-state index in [1.807, 2.05) is 53.6 Å². The van der Waals surface area contributed by atoms with Crippen molar-refractivity contribution in [3.05, 3.63) is 29.8 Å². The number of likely N-dealkylation sites (N-methyl/N-ethyl adjacent to an activating group) is 2. The minimum Gasteiger partial charge on any atom is -0.379 e. The summed E-state index contributed by atoms with van der Waals surface area (Å²) in [6.45, 7) is 17.5. The highest BCUT2D eigenvalue weighted by molar-refractivity contribution is 5.97. The third-order valence-electron chi connectivity index (χ3n) is 16.5. The van der Waals surface area contributed by atoms with Gasteiger partial charge in [-0.15, -0.1) is 0 Å². The summed E-state index contributed by atoms with van der Waals surface area (Å²) in [6.07, 6.45) is 3.91. The Morgan fingerprint density at radius 2 is 1.34 bits per heavy atom. The smallest absolute Gasteiger partial charge is 0.243 e. The van der Waals surface area contributed by atoms with Crippen molar-refractivity contribution in [3.8, 4) is 0 Å². The fourth-order valence-electron chi connectivity index (χ4n) is 11.5. The van der Waals surface area contributed by atoms with Crippen LogP contribution >= 0.6 is 0 Å². The molecule has 0 spiro atoms. The van der Waals surface area contributed by atoms with Gasteiger partial charge in [-0.25, -0.2) is 0 Å². The molecule has 468 valence electrons. The Balaban J connectivity index is 1.47. The van der Waals surface area contributed by atoms with Crippen LogP contribution in [0, 0.1) is 29.6 Å². The summed E-state index contributed by atoms with van der Waals surface area (Å²) in [6, 6.07) is 3.12. The number of Topliss-reactive ketones (excluding diaryl/α,β-unsaturated/α-hetero) is 1. The number of methoxy groups -OCH3 is 2. The van der Waals surface area contributed by atoms with Gasteiger partial charge >= 0.3 is 0 Å². The number of benzene rings is 1. The molecular formula is C60H101N11O12. The Morgan fingerprint density at radius 1 is 0.711 bits per heavy atom. The molecule has 23 heteroatoms.